The van der Waals surface area contributed by atoms with Crippen LogP contribution in [0.15, 0.2) is 18.2 Å². The molecule has 0 aromatic heterocycles. The highest BCUT2D eigenvalue weighted by Crippen LogP contribution is 2.27. The third-order valence-electron chi connectivity index (χ3n) is 2.83. The molecule has 94 valence electrons. The summed E-state index contributed by atoms with van der Waals surface area (Å²) < 4.78 is 5.43. The van der Waals surface area contributed by atoms with Crippen LogP contribution in [0.25, 0.3) is 0 Å². The summed E-state index contributed by atoms with van der Waals surface area (Å²) in [7, 11) is 0. The van der Waals surface area contributed by atoms with E-state index in [-0.39, 0.29) is 18.5 Å². The van der Waals surface area contributed by atoms with Gasteiger partial charge in [0.05, 0.1) is 13.2 Å². The number of benzene rings is 1. The highest BCUT2D eigenvalue weighted by molar-refractivity contribution is 5.84. The van der Waals surface area contributed by atoms with E-state index in [0.717, 1.165) is 24.5 Å². The topological polar surface area (TPSA) is 50.4 Å². The average molecular weight is 244 g/mol. The first kappa shape index (κ1) is 12.3. The van der Waals surface area contributed by atoms with Gasteiger partial charge in [-0.3, -0.25) is 4.79 Å². The number of hydrogen-bond donors (Lipinski definition) is 2. The third kappa shape index (κ3) is 2.75. The number of hydrogen-bond acceptors (Lipinski definition) is 3. The van der Waals surface area contributed by atoms with Crippen molar-refractivity contribution in [2.75, 3.05) is 18.5 Å². The highest BCUT2D eigenvalue weighted by atomic mass is 16.5. The maximum absolute atomic E-state index is 11.6. The second-order valence-electron chi connectivity index (χ2n) is 4.21. The van der Waals surface area contributed by atoms with E-state index >= 15 is 0 Å². The summed E-state index contributed by atoms with van der Waals surface area (Å²) in [6.07, 6.45) is 6.01. The van der Waals surface area contributed by atoms with Gasteiger partial charge in [0.1, 0.15) is 11.8 Å². The van der Waals surface area contributed by atoms with Crippen LogP contribution in [0.5, 0.6) is 5.75 Å². The van der Waals surface area contributed by atoms with Crippen molar-refractivity contribution in [3.05, 3.63) is 23.8 Å². The molecular formula is C14H16N2O2. The molecule has 0 radical (unpaired) electrons. The molecular weight excluding hydrogens is 228 g/mol. The third-order valence-corrected chi connectivity index (χ3v) is 2.83. The minimum absolute atomic E-state index is 0.107. The van der Waals surface area contributed by atoms with Crippen molar-refractivity contribution in [1.29, 1.82) is 0 Å². The Morgan fingerprint density at radius 3 is 3.22 bits per heavy atom. The van der Waals surface area contributed by atoms with Gasteiger partial charge in [0.15, 0.2) is 0 Å². The molecule has 1 aromatic rings. The number of rotatable bonds is 4. The SMILES string of the molecule is C#CCNC(=O)[C@H](C)Nc1ccc2c(c1)CCO2. The molecule has 0 unspecified atom stereocenters. The van der Waals surface area contributed by atoms with E-state index in [0.29, 0.717) is 0 Å². The lowest BCUT2D eigenvalue weighted by atomic mass is 10.1. The van der Waals surface area contributed by atoms with Crippen molar-refractivity contribution >= 4 is 11.6 Å². The number of ether oxygens (including phenoxy) is 1. The number of carbonyl (C=O) groups excluding carboxylic acids is 1. The van der Waals surface area contributed by atoms with Crippen LogP contribution in [0.4, 0.5) is 5.69 Å². The van der Waals surface area contributed by atoms with Crippen molar-refractivity contribution in [1.82, 2.24) is 5.32 Å². The van der Waals surface area contributed by atoms with Gasteiger partial charge in [0, 0.05) is 12.1 Å². The summed E-state index contributed by atoms with van der Waals surface area (Å²) in [5.74, 6) is 3.20. The fraction of sp³-hybridized carbons (Fsp3) is 0.357. The highest BCUT2D eigenvalue weighted by Gasteiger charge is 2.15. The zero-order valence-electron chi connectivity index (χ0n) is 10.3. The Hall–Kier alpha value is -2.15. The van der Waals surface area contributed by atoms with Crippen molar-refractivity contribution in [3.63, 3.8) is 0 Å². The summed E-state index contributed by atoms with van der Waals surface area (Å²) in [5.41, 5.74) is 2.10. The quantitative estimate of drug-likeness (QED) is 0.782. The Morgan fingerprint density at radius 2 is 2.44 bits per heavy atom. The Kier molecular flexibility index (Phi) is 3.73. The molecule has 0 saturated carbocycles. The molecule has 0 fully saturated rings. The van der Waals surface area contributed by atoms with Crippen LogP contribution in [-0.4, -0.2) is 25.1 Å². The number of anilines is 1. The molecule has 2 rings (SSSR count). The van der Waals surface area contributed by atoms with E-state index < -0.39 is 0 Å². The first-order valence-electron chi connectivity index (χ1n) is 5.94. The molecule has 0 bridgehead atoms. The molecule has 4 nitrogen and oxygen atoms in total. The van der Waals surface area contributed by atoms with Crippen LogP contribution < -0.4 is 15.4 Å². The van der Waals surface area contributed by atoms with Gasteiger partial charge in [-0.15, -0.1) is 6.42 Å². The van der Waals surface area contributed by atoms with Crippen LogP contribution in [0.1, 0.15) is 12.5 Å². The second-order valence-corrected chi connectivity index (χ2v) is 4.21. The van der Waals surface area contributed by atoms with E-state index in [1.165, 1.54) is 5.56 Å². The predicted molar refractivity (Wildman–Crippen MR) is 70.6 cm³/mol. The molecule has 18 heavy (non-hydrogen) atoms. The van der Waals surface area contributed by atoms with Gasteiger partial charge in [0.2, 0.25) is 5.91 Å². The van der Waals surface area contributed by atoms with Gasteiger partial charge in [0.25, 0.3) is 0 Å². The second kappa shape index (κ2) is 5.46. The molecule has 0 saturated heterocycles. The van der Waals surface area contributed by atoms with Gasteiger partial charge in [-0.25, -0.2) is 0 Å². The lowest BCUT2D eigenvalue weighted by Crippen LogP contribution is -2.37. The Bertz CT molecular complexity index is 491. The number of terminal acetylenes is 1. The minimum Gasteiger partial charge on any atom is -0.493 e. The van der Waals surface area contributed by atoms with Gasteiger partial charge in [-0.05, 0) is 30.7 Å². The maximum Gasteiger partial charge on any atom is 0.242 e. The van der Waals surface area contributed by atoms with E-state index in [4.69, 9.17) is 11.2 Å². The van der Waals surface area contributed by atoms with E-state index in [1.54, 1.807) is 6.92 Å². The molecule has 4 heteroatoms. The van der Waals surface area contributed by atoms with Gasteiger partial charge >= 0.3 is 0 Å². The Morgan fingerprint density at radius 1 is 1.61 bits per heavy atom. The fourth-order valence-electron chi connectivity index (χ4n) is 1.88. The number of amides is 1. The predicted octanol–water partition coefficient (Wildman–Crippen LogP) is 1.17. The summed E-state index contributed by atoms with van der Waals surface area (Å²) in [6, 6.07) is 5.54. The lowest BCUT2D eigenvalue weighted by Gasteiger charge is -2.15. The zero-order chi connectivity index (χ0) is 13.0. The summed E-state index contributed by atoms with van der Waals surface area (Å²) in [6.45, 7) is 2.79. The Labute approximate surface area is 107 Å². The van der Waals surface area contributed by atoms with Crippen molar-refractivity contribution in [3.8, 4) is 18.1 Å². The molecule has 1 aromatic carbocycles. The monoisotopic (exact) mass is 244 g/mol. The molecule has 1 atom stereocenters. The lowest BCUT2D eigenvalue weighted by molar-refractivity contribution is -0.121. The van der Waals surface area contributed by atoms with Crippen LogP contribution in [0.2, 0.25) is 0 Å². The smallest absolute Gasteiger partial charge is 0.242 e. The summed E-state index contributed by atoms with van der Waals surface area (Å²) >= 11 is 0. The van der Waals surface area contributed by atoms with Gasteiger partial charge in [-0.1, -0.05) is 5.92 Å². The zero-order valence-corrected chi connectivity index (χ0v) is 10.3. The summed E-state index contributed by atoms with van der Waals surface area (Å²) in [5, 5.41) is 5.79. The van der Waals surface area contributed by atoms with Crippen LogP contribution in [0.3, 0.4) is 0 Å². The van der Waals surface area contributed by atoms with Crippen LogP contribution >= 0.6 is 0 Å². The average Bonchev–Trinajstić information content (AvgIpc) is 2.83. The van der Waals surface area contributed by atoms with Gasteiger partial charge in [-0.2, -0.15) is 0 Å². The first-order chi connectivity index (χ1) is 8.70. The molecule has 1 heterocycles. The summed E-state index contributed by atoms with van der Waals surface area (Å²) in [4.78, 5) is 11.6. The minimum atomic E-state index is -0.321. The number of fused-ring (bicyclic) bond motifs is 1. The normalized spacial score (nSPS) is 14.0. The van der Waals surface area contributed by atoms with Crippen molar-refractivity contribution in [2.45, 2.75) is 19.4 Å². The van der Waals surface area contributed by atoms with Crippen LogP contribution in [0, 0.1) is 12.3 Å². The van der Waals surface area contributed by atoms with Crippen molar-refractivity contribution < 1.29 is 9.53 Å². The molecule has 1 aliphatic rings. The van der Waals surface area contributed by atoms with E-state index in [1.807, 2.05) is 18.2 Å². The van der Waals surface area contributed by atoms with Crippen LogP contribution in [-0.2, 0) is 11.2 Å². The van der Waals surface area contributed by atoms with E-state index in [2.05, 4.69) is 16.6 Å². The standard InChI is InChI=1S/C14H16N2O2/c1-3-7-15-14(17)10(2)16-12-4-5-13-11(9-12)6-8-18-13/h1,4-5,9-10,16H,6-8H2,2H3,(H,15,17)/t10-/m0/s1. The molecule has 0 spiro atoms. The molecule has 0 aliphatic carbocycles. The van der Waals surface area contributed by atoms with Crippen molar-refractivity contribution in [2.24, 2.45) is 0 Å². The fourth-order valence-corrected chi connectivity index (χ4v) is 1.88. The molecule has 1 amide bonds. The van der Waals surface area contributed by atoms with E-state index in [9.17, 15) is 4.79 Å². The largest absolute Gasteiger partial charge is 0.493 e. The number of nitrogens with one attached hydrogen (secondary N) is 2. The Balaban J connectivity index is 1.97. The molecule has 1 aliphatic heterocycles. The molecule has 2 N–H and O–H groups in total. The number of carbonyl (C=O) groups is 1. The first-order valence-corrected chi connectivity index (χ1v) is 5.94. The maximum atomic E-state index is 11.6. The van der Waals surface area contributed by atoms with Gasteiger partial charge < -0.3 is 15.4 Å².